The maximum absolute atomic E-state index is 13.0. The monoisotopic (exact) mass is 358 g/mol. The summed E-state index contributed by atoms with van der Waals surface area (Å²) in [7, 11) is 0. The molecule has 0 saturated carbocycles. The van der Waals surface area contributed by atoms with E-state index in [1.165, 1.54) is 0 Å². The first-order valence-electron chi connectivity index (χ1n) is 9.61. The van der Waals surface area contributed by atoms with Gasteiger partial charge in [0.15, 0.2) is 6.61 Å². The van der Waals surface area contributed by atoms with E-state index in [0.29, 0.717) is 0 Å². The number of piperidine rings is 2. The van der Waals surface area contributed by atoms with Crippen LogP contribution in [0.2, 0.25) is 0 Å². The van der Waals surface area contributed by atoms with Crippen LogP contribution in [0.1, 0.15) is 50.7 Å². The summed E-state index contributed by atoms with van der Waals surface area (Å²) in [5, 5.41) is 0. The molecule has 5 nitrogen and oxygen atoms in total. The highest BCUT2D eigenvalue weighted by atomic mass is 16.5. The second-order valence-corrected chi connectivity index (χ2v) is 7.89. The van der Waals surface area contributed by atoms with Gasteiger partial charge in [-0.3, -0.25) is 9.59 Å². The molecule has 0 aromatic heterocycles. The van der Waals surface area contributed by atoms with E-state index >= 15 is 0 Å². The Labute approximate surface area is 156 Å². The van der Waals surface area contributed by atoms with E-state index in [9.17, 15) is 9.59 Å². The Hall–Kier alpha value is -2.04. The van der Waals surface area contributed by atoms with E-state index in [4.69, 9.17) is 4.74 Å². The molecule has 0 unspecified atom stereocenters. The van der Waals surface area contributed by atoms with E-state index in [1.807, 2.05) is 41.8 Å². The highest BCUT2D eigenvalue weighted by molar-refractivity contribution is 5.79. The number of hydrogen-bond acceptors (Lipinski definition) is 3. The van der Waals surface area contributed by atoms with Crippen molar-refractivity contribution in [2.75, 3.05) is 19.7 Å². The molecule has 0 radical (unpaired) electrons. The Morgan fingerprint density at radius 2 is 1.88 bits per heavy atom. The Morgan fingerprint density at radius 3 is 2.54 bits per heavy atom. The molecule has 5 heteroatoms. The molecule has 1 aromatic rings. The van der Waals surface area contributed by atoms with E-state index in [2.05, 4.69) is 6.92 Å². The number of rotatable bonds is 3. The Bertz CT molecular complexity index is 682. The lowest BCUT2D eigenvalue weighted by Crippen LogP contribution is -2.68. The number of ether oxygens (including phenoxy) is 1. The van der Waals surface area contributed by atoms with E-state index < -0.39 is 0 Å². The number of carbonyl (C=O) groups is 2. The largest absolute Gasteiger partial charge is 0.483 e. The van der Waals surface area contributed by atoms with Gasteiger partial charge in [-0.25, -0.2) is 0 Å². The molecule has 1 aromatic carbocycles. The summed E-state index contributed by atoms with van der Waals surface area (Å²) in [5.41, 5.74) is 1.80. The van der Waals surface area contributed by atoms with Gasteiger partial charge in [-0.2, -0.15) is 0 Å². The van der Waals surface area contributed by atoms with Gasteiger partial charge < -0.3 is 14.5 Å². The smallest absolute Gasteiger partial charge is 0.261 e. The number of hydrogen-bond donors (Lipinski definition) is 0. The van der Waals surface area contributed by atoms with Gasteiger partial charge in [-0.05, 0) is 57.6 Å². The van der Waals surface area contributed by atoms with Gasteiger partial charge in [-0.1, -0.05) is 18.2 Å². The van der Waals surface area contributed by atoms with Gasteiger partial charge in [0.25, 0.3) is 5.91 Å². The number of likely N-dealkylation sites (tertiary alicyclic amines) is 2. The molecule has 2 saturated heterocycles. The average Bonchev–Trinajstić information content (AvgIpc) is 2.59. The molecular weight excluding hydrogens is 328 g/mol. The van der Waals surface area contributed by atoms with Gasteiger partial charge in [0.05, 0.1) is 11.6 Å². The fraction of sp³-hybridized carbons (Fsp3) is 0.619. The molecular formula is C21H30N2O3. The second-order valence-electron chi connectivity index (χ2n) is 7.89. The Kier molecular flexibility index (Phi) is 5.26. The first kappa shape index (κ1) is 18.7. The lowest BCUT2D eigenvalue weighted by molar-refractivity contribution is -0.156. The van der Waals surface area contributed by atoms with Crippen LogP contribution < -0.4 is 4.74 Å². The second kappa shape index (κ2) is 7.29. The maximum Gasteiger partial charge on any atom is 0.261 e. The molecule has 2 amide bonds. The minimum atomic E-state index is -0.288. The molecule has 26 heavy (non-hydrogen) atoms. The van der Waals surface area contributed by atoms with Gasteiger partial charge in [0.2, 0.25) is 5.91 Å². The molecule has 0 bridgehead atoms. The zero-order chi connectivity index (χ0) is 18.9. The number of nitrogens with zero attached hydrogens (tertiary/aromatic N) is 2. The first-order chi connectivity index (χ1) is 12.3. The third-order valence-electron chi connectivity index (χ3n) is 6.11. The fourth-order valence-corrected chi connectivity index (χ4v) is 4.77. The highest BCUT2D eigenvalue weighted by Gasteiger charge is 2.49. The molecule has 2 atom stereocenters. The number of carbonyl (C=O) groups excluding carboxylic acids is 2. The van der Waals surface area contributed by atoms with Crippen molar-refractivity contribution in [3.63, 3.8) is 0 Å². The van der Waals surface area contributed by atoms with Crippen LogP contribution in [0.25, 0.3) is 0 Å². The number of amides is 2. The third kappa shape index (κ3) is 3.31. The molecule has 0 spiro atoms. The van der Waals surface area contributed by atoms with Crippen molar-refractivity contribution < 1.29 is 14.3 Å². The predicted octanol–water partition coefficient (Wildman–Crippen LogP) is 3.07. The van der Waals surface area contributed by atoms with Crippen LogP contribution in [0.5, 0.6) is 5.75 Å². The summed E-state index contributed by atoms with van der Waals surface area (Å²) in [4.78, 5) is 29.0. The first-order valence-corrected chi connectivity index (χ1v) is 9.61. The molecule has 2 aliphatic heterocycles. The Balaban J connectivity index is 1.75. The van der Waals surface area contributed by atoms with Crippen molar-refractivity contribution in [2.45, 2.75) is 65.0 Å². The lowest BCUT2D eigenvalue weighted by Gasteiger charge is -2.56. The van der Waals surface area contributed by atoms with Crippen LogP contribution in [0.3, 0.4) is 0 Å². The number of fused-ring (bicyclic) bond motifs is 1. The van der Waals surface area contributed by atoms with Crippen LogP contribution in [0.4, 0.5) is 0 Å². The number of benzene rings is 1. The van der Waals surface area contributed by atoms with Gasteiger partial charge >= 0.3 is 0 Å². The zero-order valence-corrected chi connectivity index (χ0v) is 16.4. The average molecular weight is 358 g/mol. The minimum Gasteiger partial charge on any atom is -0.483 e. The van der Waals surface area contributed by atoms with Crippen molar-refractivity contribution >= 4 is 11.8 Å². The topological polar surface area (TPSA) is 49.9 Å². The molecule has 2 heterocycles. The summed E-state index contributed by atoms with van der Waals surface area (Å²) in [6.45, 7) is 9.37. The molecule has 0 aliphatic carbocycles. The summed E-state index contributed by atoms with van der Waals surface area (Å²) >= 11 is 0. The molecule has 2 fully saturated rings. The van der Waals surface area contributed by atoms with Crippen LogP contribution in [-0.4, -0.2) is 52.9 Å². The number of para-hydroxylation sites is 1. The Morgan fingerprint density at radius 1 is 1.19 bits per heavy atom. The SMILES string of the molecule is CC(=O)N1CCC[C@@]2(C)[C@@H]1CCCN2C(=O)COc1c(C)cccc1C. The van der Waals surface area contributed by atoms with Crippen molar-refractivity contribution in [1.82, 2.24) is 9.80 Å². The van der Waals surface area contributed by atoms with E-state index in [-0.39, 0.29) is 30.0 Å². The predicted molar refractivity (Wildman–Crippen MR) is 101 cm³/mol. The highest BCUT2D eigenvalue weighted by Crippen LogP contribution is 2.39. The quantitative estimate of drug-likeness (QED) is 0.834. The lowest BCUT2D eigenvalue weighted by atomic mass is 9.76. The van der Waals surface area contributed by atoms with Crippen LogP contribution in [0.15, 0.2) is 18.2 Å². The van der Waals surface area contributed by atoms with Crippen molar-refractivity contribution in [3.8, 4) is 5.75 Å². The van der Waals surface area contributed by atoms with Gasteiger partial charge in [0, 0.05) is 20.0 Å². The fourth-order valence-electron chi connectivity index (χ4n) is 4.77. The minimum absolute atomic E-state index is 0.0188. The van der Waals surface area contributed by atoms with Gasteiger partial charge in [-0.15, -0.1) is 0 Å². The van der Waals surface area contributed by atoms with Crippen LogP contribution in [0, 0.1) is 13.8 Å². The summed E-state index contributed by atoms with van der Waals surface area (Å²) in [6, 6.07) is 6.11. The summed E-state index contributed by atoms with van der Waals surface area (Å²) in [6.07, 6.45) is 3.78. The molecule has 142 valence electrons. The van der Waals surface area contributed by atoms with Gasteiger partial charge in [0.1, 0.15) is 5.75 Å². The standard InChI is InChI=1S/C21H30N2O3/c1-15-8-5-9-16(2)20(15)26-14-19(25)23-13-6-10-18-21(23,4)11-7-12-22(18)17(3)24/h5,8-9,18H,6-7,10-14H2,1-4H3/t18-,21-/m0/s1. The molecule has 3 rings (SSSR count). The zero-order valence-electron chi connectivity index (χ0n) is 16.4. The normalized spacial score (nSPS) is 25.6. The van der Waals surface area contributed by atoms with Crippen molar-refractivity contribution in [3.05, 3.63) is 29.3 Å². The van der Waals surface area contributed by atoms with Crippen LogP contribution in [-0.2, 0) is 9.59 Å². The van der Waals surface area contributed by atoms with Crippen molar-refractivity contribution in [2.24, 2.45) is 0 Å². The molecule has 2 aliphatic rings. The van der Waals surface area contributed by atoms with E-state index in [0.717, 1.165) is 55.6 Å². The van der Waals surface area contributed by atoms with Crippen LogP contribution >= 0.6 is 0 Å². The van der Waals surface area contributed by atoms with E-state index in [1.54, 1.807) is 6.92 Å². The summed E-state index contributed by atoms with van der Waals surface area (Å²) in [5.74, 6) is 0.931. The molecule has 0 N–H and O–H groups in total. The number of aryl methyl sites for hydroxylation is 2. The summed E-state index contributed by atoms with van der Waals surface area (Å²) < 4.78 is 5.91. The van der Waals surface area contributed by atoms with Crippen molar-refractivity contribution in [1.29, 1.82) is 0 Å². The maximum atomic E-state index is 13.0. The third-order valence-corrected chi connectivity index (χ3v) is 6.11.